The first-order chi connectivity index (χ1) is 11.6. The maximum Gasteiger partial charge on any atom is 0.266 e. The Balaban J connectivity index is 1.87. The number of thiocarbonyl (C=S) groups is 1. The standard InChI is InChI=1S/C17H13NO4S2/c19-15-14(10-12-7-4-8-22-12)24-17(23)18(15)13(16(20)21)9-11-5-2-1-3-6-11/h1-8,10,13H,9H2,(H,20,21)/p-1/b14-10+/t13-/m1/s1. The number of thioether (sulfide) groups is 1. The van der Waals surface area contributed by atoms with Gasteiger partial charge in [0, 0.05) is 6.08 Å². The summed E-state index contributed by atoms with van der Waals surface area (Å²) in [5.41, 5.74) is 0.788. The molecule has 0 radical (unpaired) electrons. The van der Waals surface area contributed by atoms with Gasteiger partial charge in [0.25, 0.3) is 5.91 Å². The molecule has 2 heterocycles. The molecule has 1 aromatic carbocycles. The van der Waals surface area contributed by atoms with E-state index in [0.29, 0.717) is 10.7 Å². The Morgan fingerprint density at radius 1 is 1.29 bits per heavy atom. The van der Waals surface area contributed by atoms with Crippen molar-refractivity contribution in [2.75, 3.05) is 0 Å². The van der Waals surface area contributed by atoms with Gasteiger partial charge in [-0.3, -0.25) is 9.69 Å². The maximum atomic E-state index is 12.6. The molecule has 0 aliphatic carbocycles. The number of rotatable bonds is 5. The van der Waals surface area contributed by atoms with Gasteiger partial charge in [-0.25, -0.2) is 0 Å². The van der Waals surface area contributed by atoms with Gasteiger partial charge >= 0.3 is 0 Å². The molecule has 1 atom stereocenters. The first-order valence-corrected chi connectivity index (χ1v) is 8.34. The van der Waals surface area contributed by atoms with E-state index in [2.05, 4.69) is 0 Å². The lowest BCUT2D eigenvalue weighted by molar-refractivity contribution is -0.310. The lowest BCUT2D eigenvalue weighted by Crippen LogP contribution is -2.51. The highest BCUT2D eigenvalue weighted by molar-refractivity contribution is 8.26. The number of carbonyl (C=O) groups is 2. The van der Waals surface area contributed by atoms with Crippen LogP contribution in [0, 0.1) is 0 Å². The number of hydrogen-bond acceptors (Lipinski definition) is 6. The zero-order valence-corrected chi connectivity index (χ0v) is 14.0. The Bertz CT molecular complexity index is 799. The number of aliphatic carboxylic acids is 1. The molecule has 122 valence electrons. The van der Waals surface area contributed by atoms with Gasteiger partial charge in [0.1, 0.15) is 10.1 Å². The van der Waals surface area contributed by atoms with E-state index in [-0.39, 0.29) is 10.7 Å². The third-order valence-electron chi connectivity index (χ3n) is 3.50. The molecule has 24 heavy (non-hydrogen) atoms. The fraction of sp³-hybridized carbons (Fsp3) is 0.118. The van der Waals surface area contributed by atoms with Crippen molar-refractivity contribution in [2.45, 2.75) is 12.5 Å². The van der Waals surface area contributed by atoms with Gasteiger partial charge in [-0.2, -0.15) is 0 Å². The van der Waals surface area contributed by atoms with Crippen LogP contribution >= 0.6 is 24.0 Å². The average molecular weight is 358 g/mol. The summed E-state index contributed by atoms with van der Waals surface area (Å²) in [5.74, 6) is -1.29. The van der Waals surface area contributed by atoms with Crippen LogP contribution in [0.3, 0.4) is 0 Å². The molecule has 1 aliphatic rings. The average Bonchev–Trinajstić information content (AvgIpc) is 3.16. The lowest BCUT2D eigenvalue weighted by Gasteiger charge is -2.27. The zero-order chi connectivity index (χ0) is 17.1. The summed E-state index contributed by atoms with van der Waals surface area (Å²) < 4.78 is 5.38. The number of nitrogens with zero attached hydrogens (tertiary/aromatic N) is 1. The minimum absolute atomic E-state index is 0.129. The van der Waals surface area contributed by atoms with Crippen molar-refractivity contribution in [1.29, 1.82) is 0 Å². The summed E-state index contributed by atoms with van der Waals surface area (Å²) in [6, 6.07) is 11.3. The van der Waals surface area contributed by atoms with Crippen molar-refractivity contribution in [2.24, 2.45) is 0 Å². The SMILES string of the molecule is O=C([O-])[C@@H](Cc1ccccc1)N1C(=O)/C(=C\c2ccco2)SC1=S. The van der Waals surface area contributed by atoms with E-state index in [1.54, 1.807) is 30.3 Å². The largest absolute Gasteiger partial charge is 0.548 e. The third kappa shape index (κ3) is 3.42. The number of amides is 1. The molecule has 0 spiro atoms. The molecule has 0 bridgehead atoms. The Hall–Kier alpha value is -2.38. The Morgan fingerprint density at radius 3 is 2.67 bits per heavy atom. The summed E-state index contributed by atoms with van der Waals surface area (Å²) in [5, 5.41) is 11.6. The molecule has 1 amide bonds. The van der Waals surface area contributed by atoms with E-state index in [9.17, 15) is 14.7 Å². The van der Waals surface area contributed by atoms with Gasteiger partial charge in [0.2, 0.25) is 0 Å². The lowest BCUT2D eigenvalue weighted by atomic mass is 10.0. The quantitative estimate of drug-likeness (QED) is 0.600. The summed E-state index contributed by atoms with van der Waals surface area (Å²) in [4.78, 5) is 25.6. The van der Waals surface area contributed by atoms with Gasteiger partial charge in [-0.1, -0.05) is 54.3 Å². The molecule has 1 aliphatic heterocycles. The molecule has 2 aromatic rings. The smallest absolute Gasteiger partial charge is 0.266 e. The van der Waals surface area contributed by atoms with Crippen LogP contribution in [-0.2, 0) is 16.0 Å². The van der Waals surface area contributed by atoms with Gasteiger partial charge in [0.15, 0.2) is 0 Å². The third-order valence-corrected chi connectivity index (χ3v) is 4.83. The topological polar surface area (TPSA) is 73.6 Å². The second-order valence-corrected chi connectivity index (χ2v) is 6.77. The van der Waals surface area contributed by atoms with Crippen molar-refractivity contribution >= 4 is 46.3 Å². The number of carboxylic acid groups (broad SMARTS) is 1. The van der Waals surface area contributed by atoms with Crippen LogP contribution in [0.5, 0.6) is 0 Å². The molecular weight excluding hydrogens is 346 g/mol. The summed E-state index contributed by atoms with van der Waals surface area (Å²) in [7, 11) is 0. The second-order valence-electron chi connectivity index (χ2n) is 5.09. The highest BCUT2D eigenvalue weighted by Gasteiger charge is 2.38. The summed E-state index contributed by atoms with van der Waals surface area (Å²) in [6.07, 6.45) is 3.17. The molecule has 1 saturated heterocycles. The number of furan rings is 1. The van der Waals surface area contributed by atoms with E-state index in [0.717, 1.165) is 22.2 Å². The Kier molecular flexibility index (Phi) is 4.82. The Labute approximate surface area is 148 Å². The van der Waals surface area contributed by atoms with Gasteiger partial charge in [0.05, 0.1) is 23.2 Å². The minimum atomic E-state index is -1.34. The van der Waals surface area contributed by atoms with Crippen molar-refractivity contribution < 1.29 is 19.1 Å². The number of carbonyl (C=O) groups excluding carboxylic acids is 2. The first kappa shape index (κ1) is 16.5. The van der Waals surface area contributed by atoms with Crippen molar-refractivity contribution in [3.05, 3.63) is 65.0 Å². The minimum Gasteiger partial charge on any atom is -0.548 e. The molecular formula is C17H12NO4S2-. The first-order valence-electron chi connectivity index (χ1n) is 7.11. The molecule has 1 fully saturated rings. The van der Waals surface area contributed by atoms with Crippen LogP contribution in [0.4, 0.5) is 0 Å². The van der Waals surface area contributed by atoms with Crippen LogP contribution < -0.4 is 5.11 Å². The fourth-order valence-corrected chi connectivity index (χ4v) is 3.71. The number of benzene rings is 1. The normalized spacial score (nSPS) is 17.5. The van der Waals surface area contributed by atoms with Crippen molar-refractivity contribution in [1.82, 2.24) is 4.90 Å². The van der Waals surface area contributed by atoms with Crippen LogP contribution in [0.25, 0.3) is 6.08 Å². The van der Waals surface area contributed by atoms with Crippen LogP contribution in [0.15, 0.2) is 58.1 Å². The van der Waals surface area contributed by atoms with Gasteiger partial charge < -0.3 is 14.3 Å². The van der Waals surface area contributed by atoms with E-state index in [1.165, 1.54) is 6.26 Å². The summed E-state index contributed by atoms with van der Waals surface area (Å²) >= 11 is 6.26. The molecule has 1 aromatic heterocycles. The molecule has 0 N–H and O–H groups in total. The second kappa shape index (κ2) is 7.02. The Morgan fingerprint density at radius 2 is 2.04 bits per heavy atom. The van der Waals surface area contributed by atoms with Crippen molar-refractivity contribution in [3.63, 3.8) is 0 Å². The predicted octanol–water partition coefficient (Wildman–Crippen LogP) is 1.84. The van der Waals surface area contributed by atoms with Gasteiger partial charge in [-0.15, -0.1) is 0 Å². The highest BCUT2D eigenvalue weighted by atomic mass is 32.2. The molecule has 3 rings (SSSR count). The molecule has 0 unspecified atom stereocenters. The van der Waals surface area contributed by atoms with E-state index in [4.69, 9.17) is 16.6 Å². The monoisotopic (exact) mass is 358 g/mol. The van der Waals surface area contributed by atoms with Crippen molar-refractivity contribution in [3.8, 4) is 0 Å². The number of carboxylic acids is 1. The molecule has 5 nitrogen and oxygen atoms in total. The van der Waals surface area contributed by atoms with Crippen LogP contribution in [0.1, 0.15) is 11.3 Å². The molecule has 0 saturated carbocycles. The van der Waals surface area contributed by atoms with Gasteiger partial charge in [-0.05, 0) is 24.1 Å². The van der Waals surface area contributed by atoms with E-state index < -0.39 is 17.9 Å². The fourth-order valence-electron chi connectivity index (χ4n) is 2.37. The zero-order valence-electron chi connectivity index (χ0n) is 12.4. The summed E-state index contributed by atoms with van der Waals surface area (Å²) in [6.45, 7) is 0. The predicted molar refractivity (Wildman–Crippen MR) is 92.7 cm³/mol. The molecule has 7 heteroatoms. The van der Waals surface area contributed by atoms with E-state index >= 15 is 0 Å². The van der Waals surface area contributed by atoms with E-state index in [1.807, 2.05) is 18.2 Å². The highest BCUT2D eigenvalue weighted by Crippen LogP contribution is 2.34. The van der Waals surface area contributed by atoms with Crippen LogP contribution in [-0.4, -0.2) is 27.1 Å². The number of hydrogen-bond donors (Lipinski definition) is 0. The van der Waals surface area contributed by atoms with Crippen LogP contribution in [0.2, 0.25) is 0 Å². The maximum absolute atomic E-state index is 12.6.